The Hall–Kier alpha value is -2.90. The van der Waals surface area contributed by atoms with Gasteiger partial charge in [-0.25, -0.2) is 4.79 Å². The zero-order chi connectivity index (χ0) is 19.4. The van der Waals surface area contributed by atoms with Gasteiger partial charge in [0.2, 0.25) is 17.7 Å². The first-order valence-electron chi connectivity index (χ1n) is 9.15. The Morgan fingerprint density at radius 2 is 1.81 bits per heavy atom. The third kappa shape index (κ3) is 4.10. The lowest BCUT2D eigenvalue weighted by molar-refractivity contribution is -0.149. The van der Waals surface area contributed by atoms with Crippen LogP contribution < -0.4 is 15.5 Å². The Balaban J connectivity index is 1.61. The van der Waals surface area contributed by atoms with Crippen molar-refractivity contribution in [3.8, 4) is 0 Å². The lowest BCUT2D eigenvalue weighted by Crippen LogP contribution is -2.55. The number of aliphatic carboxylic acids is 1. The summed E-state index contributed by atoms with van der Waals surface area (Å²) in [6.45, 7) is -0.101. The smallest absolute Gasteiger partial charge is 0.329 e. The molecule has 27 heavy (non-hydrogen) atoms. The molecule has 1 aliphatic carbocycles. The molecule has 0 bridgehead atoms. The highest BCUT2D eigenvalue weighted by atomic mass is 16.4. The number of carbonyl (C=O) groups excluding carboxylic acids is 3. The summed E-state index contributed by atoms with van der Waals surface area (Å²) < 4.78 is 0. The van der Waals surface area contributed by atoms with E-state index in [1.54, 1.807) is 24.3 Å². The van der Waals surface area contributed by atoms with Crippen molar-refractivity contribution in [2.75, 3.05) is 16.8 Å². The van der Waals surface area contributed by atoms with Crippen LogP contribution >= 0.6 is 0 Å². The third-order valence-electron chi connectivity index (χ3n) is 5.13. The van der Waals surface area contributed by atoms with Crippen LogP contribution in [0.5, 0.6) is 0 Å². The van der Waals surface area contributed by atoms with Crippen molar-refractivity contribution < 1.29 is 24.3 Å². The number of carbonyl (C=O) groups is 4. The first kappa shape index (κ1) is 18.9. The van der Waals surface area contributed by atoms with Crippen molar-refractivity contribution >= 4 is 35.1 Å². The van der Waals surface area contributed by atoms with Crippen LogP contribution in [0.1, 0.15) is 44.9 Å². The monoisotopic (exact) mass is 373 g/mol. The fourth-order valence-corrected chi connectivity index (χ4v) is 3.69. The van der Waals surface area contributed by atoms with E-state index >= 15 is 0 Å². The van der Waals surface area contributed by atoms with Gasteiger partial charge in [0.25, 0.3) is 0 Å². The summed E-state index contributed by atoms with van der Waals surface area (Å²) >= 11 is 0. The molecule has 0 atom stereocenters. The molecule has 0 saturated heterocycles. The molecule has 1 aromatic carbocycles. The Kier molecular flexibility index (Phi) is 5.43. The van der Waals surface area contributed by atoms with Gasteiger partial charge in [-0.1, -0.05) is 31.4 Å². The fourth-order valence-electron chi connectivity index (χ4n) is 3.69. The predicted molar refractivity (Wildman–Crippen MR) is 98.3 cm³/mol. The minimum Gasteiger partial charge on any atom is -0.480 e. The Morgan fingerprint density at radius 1 is 1.11 bits per heavy atom. The average Bonchev–Trinajstić information content (AvgIpc) is 2.66. The van der Waals surface area contributed by atoms with Crippen LogP contribution in [-0.4, -0.2) is 40.9 Å². The van der Waals surface area contributed by atoms with E-state index in [0.29, 0.717) is 24.2 Å². The Bertz CT molecular complexity index is 770. The van der Waals surface area contributed by atoms with E-state index in [4.69, 9.17) is 0 Å². The topological polar surface area (TPSA) is 116 Å². The number of hydrogen-bond donors (Lipinski definition) is 3. The summed E-state index contributed by atoms with van der Waals surface area (Å²) in [6.07, 6.45) is 3.07. The molecular formula is C19H23N3O5. The molecule has 0 radical (unpaired) electrons. The Morgan fingerprint density at radius 3 is 2.52 bits per heavy atom. The van der Waals surface area contributed by atoms with Gasteiger partial charge >= 0.3 is 5.97 Å². The van der Waals surface area contributed by atoms with Gasteiger partial charge in [-0.15, -0.1) is 0 Å². The molecule has 1 aromatic rings. The largest absolute Gasteiger partial charge is 0.480 e. The summed E-state index contributed by atoms with van der Waals surface area (Å²) in [4.78, 5) is 49.7. The maximum atomic E-state index is 12.6. The predicted octanol–water partition coefficient (Wildman–Crippen LogP) is 1.66. The van der Waals surface area contributed by atoms with Crippen molar-refractivity contribution in [2.45, 2.75) is 50.5 Å². The van der Waals surface area contributed by atoms with E-state index in [1.807, 2.05) is 0 Å². The number of amides is 3. The number of para-hydroxylation sites is 2. The van der Waals surface area contributed by atoms with Gasteiger partial charge in [0.15, 0.2) is 0 Å². The van der Waals surface area contributed by atoms with E-state index in [0.717, 1.165) is 19.3 Å². The van der Waals surface area contributed by atoms with Crippen LogP contribution in [0.25, 0.3) is 0 Å². The number of rotatable bonds is 5. The highest BCUT2D eigenvalue weighted by Crippen LogP contribution is 2.30. The van der Waals surface area contributed by atoms with Crippen molar-refractivity contribution in [3.63, 3.8) is 0 Å². The molecule has 0 unspecified atom stereocenters. The second-order valence-corrected chi connectivity index (χ2v) is 7.04. The molecule has 3 amide bonds. The summed E-state index contributed by atoms with van der Waals surface area (Å²) in [6, 6.07) is 6.96. The third-order valence-corrected chi connectivity index (χ3v) is 5.13. The minimum atomic E-state index is -1.23. The number of benzene rings is 1. The number of carboxylic acid groups (broad SMARTS) is 1. The first-order valence-corrected chi connectivity index (χ1v) is 9.15. The van der Waals surface area contributed by atoms with Crippen LogP contribution in [0.3, 0.4) is 0 Å². The standard InChI is InChI=1S/C19H23N3O5/c23-15(21-19(18(26)27)10-4-1-5-11-19)8-9-17(25)22-12-16(24)20-13-6-2-3-7-14(13)22/h2-3,6-7H,1,4-5,8-12H2,(H,20,24)(H,21,23)(H,26,27). The van der Waals surface area contributed by atoms with Crippen molar-refractivity contribution in [1.29, 1.82) is 0 Å². The molecule has 8 nitrogen and oxygen atoms in total. The van der Waals surface area contributed by atoms with E-state index in [9.17, 15) is 24.3 Å². The molecule has 3 N–H and O–H groups in total. The normalized spacial score (nSPS) is 18.2. The van der Waals surface area contributed by atoms with E-state index < -0.39 is 17.4 Å². The molecule has 3 rings (SSSR count). The van der Waals surface area contributed by atoms with Gasteiger partial charge in [0.05, 0.1) is 11.4 Å². The zero-order valence-corrected chi connectivity index (χ0v) is 15.0. The quantitative estimate of drug-likeness (QED) is 0.726. The molecule has 8 heteroatoms. The van der Waals surface area contributed by atoms with Gasteiger partial charge in [-0.05, 0) is 25.0 Å². The first-order chi connectivity index (χ1) is 12.9. The number of nitrogens with zero attached hydrogens (tertiary/aromatic N) is 1. The minimum absolute atomic E-state index is 0.0941. The molecule has 1 heterocycles. The molecule has 0 spiro atoms. The summed E-state index contributed by atoms with van der Waals surface area (Å²) in [5, 5.41) is 14.9. The van der Waals surface area contributed by atoms with E-state index in [2.05, 4.69) is 10.6 Å². The van der Waals surface area contributed by atoms with Crippen molar-refractivity contribution in [3.05, 3.63) is 24.3 Å². The second kappa shape index (κ2) is 7.77. The molecule has 0 aromatic heterocycles. The number of hydrogen-bond acceptors (Lipinski definition) is 4. The molecule has 144 valence electrons. The van der Waals surface area contributed by atoms with Gasteiger partial charge in [-0.3, -0.25) is 14.4 Å². The number of nitrogens with one attached hydrogen (secondary N) is 2. The van der Waals surface area contributed by atoms with Gasteiger partial charge < -0.3 is 20.6 Å². The molecule has 1 saturated carbocycles. The Labute approximate surface area is 156 Å². The highest BCUT2D eigenvalue weighted by molar-refractivity contribution is 6.10. The van der Waals surface area contributed by atoms with Gasteiger partial charge in [0.1, 0.15) is 12.1 Å². The van der Waals surface area contributed by atoms with Crippen molar-refractivity contribution in [2.24, 2.45) is 0 Å². The number of carboxylic acids is 1. The van der Waals surface area contributed by atoms with Crippen LogP contribution in [-0.2, 0) is 19.2 Å². The summed E-state index contributed by atoms with van der Waals surface area (Å²) in [7, 11) is 0. The molecular weight excluding hydrogens is 350 g/mol. The van der Waals surface area contributed by atoms with Gasteiger partial charge in [0, 0.05) is 12.8 Å². The van der Waals surface area contributed by atoms with Crippen LogP contribution in [0.15, 0.2) is 24.3 Å². The molecule has 2 aliphatic rings. The van der Waals surface area contributed by atoms with Crippen LogP contribution in [0.4, 0.5) is 11.4 Å². The van der Waals surface area contributed by atoms with E-state index in [1.165, 1.54) is 4.90 Å². The highest BCUT2D eigenvalue weighted by Gasteiger charge is 2.41. The van der Waals surface area contributed by atoms with E-state index in [-0.39, 0.29) is 31.2 Å². The maximum Gasteiger partial charge on any atom is 0.329 e. The van der Waals surface area contributed by atoms with Crippen LogP contribution in [0.2, 0.25) is 0 Å². The van der Waals surface area contributed by atoms with Gasteiger partial charge in [-0.2, -0.15) is 0 Å². The molecule has 1 fully saturated rings. The summed E-state index contributed by atoms with van der Waals surface area (Å²) in [5.74, 6) is -2.12. The lowest BCUT2D eigenvalue weighted by Gasteiger charge is -2.34. The summed E-state index contributed by atoms with van der Waals surface area (Å²) in [5.41, 5.74) is -0.0777. The zero-order valence-electron chi connectivity index (χ0n) is 15.0. The average molecular weight is 373 g/mol. The second-order valence-electron chi connectivity index (χ2n) is 7.04. The number of fused-ring (bicyclic) bond motifs is 1. The van der Waals surface area contributed by atoms with Crippen molar-refractivity contribution in [1.82, 2.24) is 5.32 Å². The number of anilines is 2. The maximum absolute atomic E-state index is 12.6. The lowest BCUT2D eigenvalue weighted by atomic mass is 9.81. The van der Waals surface area contributed by atoms with Crippen LogP contribution in [0, 0.1) is 0 Å². The SMILES string of the molecule is O=C1CN(C(=O)CCC(=O)NC2(C(=O)O)CCCCC2)c2ccccc2N1. The fraction of sp³-hybridized carbons (Fsp3) is 0.474. The molecule has 1 aliphatic heterocycles.